The van der Waals surface area contributed by atoms with E-state index in [0.717, 1.165) is 16.5 Å². The van der Waals surface area contributed by atoms with E-state index >= 15 is 0 Å². The molecule has 0 spiro atoms. The van der Waals surface area contributed by atoms with E-state index in [-0.39, 0.29) is 6.04 Å². The highest BCUT2D eigenvalue weighted by atomic mass is 35.5. The topological polar surface area (TPSA) is 66.4 Å². The molecule has 0 aliphatic heterocycles. The van der Waals surface area contributed by atoms with Gasteiger partial charge in [-0.2, -0.15) is 0 Å². The summed E-state index contributed by atoms with van der Waals surface area (Å²) in [5.74, 6) is -1.45. The minimum absolute atomic E-state index is 0.0804. The van der Waals surface area contributed by atoms with Gasteiger partial charge in [0.05, 0.1) is 16.8 Å². The molecule has 0 unspecified atom stereocenters. The van der Waals surface area contributed by atoms with Crippen molar-refractivity contribution in [3.05, 3.63) is 65.3 Å². The van der Waals surface area contributed by atoms with E-state index in [2.05, 4.69) is 33.5 Å². The number of likely N-dealkylation sites (N-methyl/N-ethyl adjacent to an activating group) is 1. The fourth-order valence-electron chi connectivity index (χ4n) is 3.22. The van der Waals surface area contributed by atoms with E-state index in [0.29, 0.717) is 17.3 Å². The first-order valence-electron chi connectivity index (χ1n) is 8.92. The van der Waals surface area contributed by atoms with Crippen molar-refractivity contribution in [3.63, 3.8) is 0 Å². The lowest BCUT2D eigenvalue weighted by Gasteiger charge is -2.24. The molecule has 1 heterocycles. The predicted molar refractivity (Wildman–Crippen MR) is 112 cm³/mol. The van der Waals surface area contributed by atoms with Crippen LogP contribution in [0.2, 0.25) is 5.02 Å². The Kier molecular flexibility index (Phi) is 6.02. The van der Waals surface area contributed by atoms with Gasteiger partial charge in [0.25, 0.3) is 0 Å². The summed E-state index contributed by atoms with van der Waals surface area (Å²) in [5, 5.41) is 6.77. The number of nitrogens with zero attached hydrogens (tertiary/aromatic N) is 2. The number of carbonyl (C=O) groups is 2. The van der Waals surface area contributed by atoms with Crippen LogP contribution in [0.5, 0.6) is 0 Å². The van der Waals surface area contributed by atoms with Crippen molar-refractivity contribution >= 4 is 40.0 Å². The molecule has 28 heavy (non-hydrogen) atoms. The number of aromatic nitrogens is 1. The fraction of sp³-hybridized carbons (Fsp3) is 0.238. The maximum absolute atomic E-state index is 12.3. The monoisotopic (exact) mass is 398 g/mol. The van der Waals surface area contributed by atoms with Gasteiger partial charge in [-0.3, -0.25) is 9.59 Å². The Morgan fingerprint density at radius 3 is 2.46 bits per heavy atom. The van der Waals surface area contributed by atoms with E-state index in [1.165, 1.54) is 0 Å². The Morgan fingerprint density at radius 2 is 1.75 bits per heavy atom. The molecule has 2 aromatic carbocycles. The molecule has 3 aromatic rings. The van der Waals surface area contributed by atoms with Crippen LogP contribution >= 0.6 is 11.6 Å². The smallest absolute Gasteiger partial charge is 0.313 e. The van der Waals surface area contributed by atoms with E-state index in [9.17, 15) is 9.59 Å². The number of fused-ring (bicyclic) bond motifs is 1. The molecule has 0 aliphatic rings. The number of carbonyl (C=O) groups excluding carboxylic acids is 2. The summed E-state index contributed by atoms with van der Waals surface area (Å²) in [7, 11) is 5.89. The fourth-order valence-corrected chi connectivity index (χ4v) is 3.40. The number of rotatable bonds is 5. The standard InChI is InChI=1S/C21H23ClN4O2/c1-25(2)19(15-13-26(3)18-11-7-4-8-14(15)18)12-23-20(27)21(28)24-17-10-6-5-9-16(17)22/h4-11,13,19H,12H2,1-3H3,(H,23,27)(H,24,28)/t19-/m0/s1. The summed E-state index contributed by atoms with van der Waals surface area (Å²) in [6, 6.07) is 14.8. The number of anilines is 1. The second-order valence-electron chi connectivity index (χ2n) is 6.84. The summed E-state index contributed by atoms with van der Waals surface area (Å²) in [6.07, 6.45) is 2.06. The van der Waals surface area contributed by atoms with Gasteiger partial charge in [0.1, 0.15) is 0 Å². The Labute approximate surface area is 169 Å². The van der Waals surface area contributed by atoms with Gasteiger partial charge < -0.3 is 20.1 Å². The quantitative estimate of drug-likeness (QED) is 0.648. The molecular formula is C21H23ClN4O2. The molecule has 0 saturated carbocycles. The maximum Gasteiger partial charge on any atom is 0.313 e. The van der Waals surface area contributed by atoms with Crippen LogP contribution in [0.4, 0.5) is 5.69 Å². The molecule has 0 saturated heterocycles. The Morgan fingerprint density at radius 1 is 1.07 bits per heavy atom. The number of amides is 2. The molecule has 0 radical (unpaired) electrons. The maximum atomic E-state index is 12.3. The first-order valence-corrected chi connectivity index (χ1v) is 9.30. The normalized spacial score (nSPS) is 12.2. The van der Waals surface area contributed by atoms with Crippen LogP contribution in [-0.4, -0.2) is 41.9 Å². The molecule has 0 bridgehead atoms. The summed E-state index contributed by atoms with van der Waals surface area (Å²) in [4.78, 5) is 26.5. The second kappa shape index (κ2) is 8.46. The summed E-state index contributed by atoms with van der Waals surface area (Å²) in [6.45, 7) is 0.301. The minimum atomic E-state index is -0.747. The highest BCUT2D eigenvalue weighted by Crippen LogP contribution is 2.28. The van der Waals surface area contributed by atoms with Gasteiger partial charge in [-0.1, -0.05) is 41.9 Å². The van der Waals surface area contributed by atoms with E-state index in [1.54, 1.807) is 24.3 Å². The van der Waals surface area contributed by atoms with E-state index in [4.69, 9.17) is 11.6 Å². The van der Waals surface area contributed by atoms with Crippen molar-refractivity contribution in [1.82, 2.24) is 14.8 Å². The van der Waals surface area contributed by atoms with Crippen LogP contribution in [0.25, 0.3) is 10.9 Å². The molecule has 7 heteroatoms. The minimum Gasteiger partial charge on any atom is -0.350 e. The third-order valence-electron chi connectivity index (χ3n) is 4.69. The molecule has 3 rings (SSSR count). The lowest BCUT2D eigenvalue weighted by Crippen LogP contribution is -2.40. The van der Waals surface area contributed by atoms with Crippen LogP contribution in [0.1, 0.15) is 11.6 Å². The zero-order valence-corrected chi connectivity index (χ0v) is 16.8. The van der Waals surface area contributed by atoms with Gasteiger partial charge in [0.2, 0.25) is 0 Å². The molecule has 6 nitrogen and oxygen atoms in total. The predicted octanol–water partition coefficient (Wildman–Crippen LogP) is 3.19. The van der Waals surface area contributed by atoms with Crippen molar-refractivity contribution in [2.24, 2.45) is 7.05 Å². The SMILES string of the molecule is CN(C)[C@@H](CNC(=O)C(=O)Nc1ccccc1Cl)c1cn(C)c2ccccc12. The molecule has 0 aliphatic carbocycles. The Bertz CT molecular complexity index is 1010. The summed E-state index contributed by atoms with van der Waals surface area (Å²) in [5.41, 5.74) is 2.62. The number of hydrogen-bond donors (Lipinski definition) is 2. The number of para-hydroxylation sites is 2. The molecule has 2 amide bonds. The average Bonchev–Trinajstić information content (AvgIpc) is 3.00. The first kappa shape index (κ1) is 19.9. The van der Waals surface area contributed by atoms with Crippen molar-refractivity contribution in [3.8, 4) is 0 Å². The van der Waals surface area contributed by atoms with Crippen LogP contribution < -0.4 is 10.6 Å². The van der Waals surface area contributed by atoms with Crippen LogP contribution in [0, 0.1) is 0 Å². The molecule has 1 aromatic heterocycles. The van der Waals surface area contributed by atoms with E-state index < -0.39 is 11.8 Å². The van der Waals surface area contributed by atoms with Gasteiger partial charge in [-0.15, -0.1) is 0 Å². The van der Waals surface area contributed by atoms with Crippen molar-refractivity contribution in [1.29, 1.82) is 0 Å². The first-order chi connectivity index (χ1) is 13.4. The Hall–Kier alpha value is -2.83. The number of nitrogens with one attached hydrogen (secondary N) is 2. The highest BCUT2D eigenvalue weighted by molar-refractivity contribution is 6.41. The zero-order valence-electron chi connectivity index (χ0n) is 16.1. The lowest BCUT2D eigenvalue weighted by molar-refractivity contribution is -0.136. The molecule has 1 atom stereocenters. The zero-order chi connectivity index (χ0) is 20.3. The third-order valence-corrected chi connectivity index (χ3v) is 5.02. The van der Waals surface area contributed by atoms with Crippen LogP contribution in [0.15, 0.2) is 54.7 Å². The highest BCUT2D eigenvalue weighted by Gasteiger charge is 2.22. The summed E-state index contributed by atoms with van der Waals surface area (Å²) >= 11 is 6.02. The summed E-state index contributed by atoms with van der Waals surface area (Å²) < 4.78 is 2.06. The van der Waals surface area contributed by atoms with E-state index in [1.807, 2.05) is 38.2 Å². The van der Waals surface area contributed by atoms with Gasteiger partial charge in [-0.05, 0) is 37.9 Å². The van der Waals surface area contributed by atoms with Gasteiger partial charge in [0.15, 0.2) is 0 Å². The van der Waals surface area contributed by atoms with Gasteiger partial charge in [-0.25, -0.2) is 0 Å². The molecule has 0 fully saturated rings. The Balaban J connectivity index is 1.72. The van der Waals surface area contributed by atoms with Crippen molar-refractivity contribution < 1.29 is 9.59 Å². The molecule has 146 valence electrons. The molecule has 2 N–H and O–H groups in total. The van der Waals surface area contributed by atoms with Crippen LogP contribution in [0.3, 0.4) is 0 Å². The van der Waals surface area contributed by atoms with Gasteiger partial charge in [0, 0.05) is 30.7 Å². The molecular weight excluding hydrogens is 376 g/mol. The van der Waals surface area contributed by atoms with Gasteiger partial charge >= 0.3 is 11.8 Å². The lowest BCUT2D eigenvalue weighted by atomic mass is 10.0. The number of halogens is 1. The second-order valence-corrected chi connectivity index (χ2v) is 7.24. The van der Waals surface area contributed by atoms with Crippen molar-refractivity contribution in [2.75, 3.05) is 26.0 Å². The number of hydrogen-bond acceptors (Lipinski definition) is 3. The average molecular weight is 399 g/mol. The number of aryl methyl sites for hydroxylation is 1. The van der Waals surface area contributed by atoms with Crippen molar-refractivity contribution in [2.45, 2.75) is 6.04 Å². The largest absolute Gasteiger partial charge is 0.350 e. The third kappa shape index (κ3) is 4.18. The van der Waals surface area contributed by atoms with Crippen LogP contribution in [-0.2, 0) is 16.6 Å². The number of benzene rings is 2.